The molecule has 1 aliphatic heterocycles. The van der Waals surface area contributed by atoms with Crippen LogP contribution in [0.15, 0.2) is 54.6 Å². The van der Waals surface area contributed by atoms with Crippen LogP contribution in [-0.4, -0.2) is 60.2 Å². The lowest BCUT2D eigenvalue weighted by Crippen LogP contribution is -2.44. The Morgan fingerprint density at radius 3 is 2.33 bits per heavy atom. The number of nitrogens with zero attached hydrogens (tertiary/aromatic N) is 3. The van der Waals surface area contributed by atoms with E-state index in [1.165, 1.54) is 5.56 Å². The minimum Gasteiger partial charge on any atom is -0.345 e. The van der Waals surface area contributed by atoms with Gasteiger partial charge in [-0.25, -0.2) is 0 Å². The molecule has 0 aliphatic carbocycles. The van der Waals surface area contributed by atoms with Crippen molar-refractivity contribution in [1.29, 1.82) is 0 Å². The first-order chi connectivity index (χ1) is 14.5. The molecule has 0 bridgehead atoms. The standard InChI is InChI=1S/C25H33N3O2/c1-4-28(18-21-12-14-22(15-13-21)24(29)26(2)3)25(30)23-11-8-16-27(19-23)17-20-9-6-5-7-10-20/h5-7,9-10,12-15,23H,4,8,11,16-19H2,1-3H3. The summed E-state index contributed by atoms with van der Waals surface area (Å²) in [6.45, 7) is 6.07. The number of carbonyl (C=O) groups excluding carboxylic acids is 2. The van der Waals surface area contributed by atoms with E-state index >= 15 is 0 Å². The fraction of sp³-hybridized carbons (Fsp3) is 0.440. The average Bonchev–Trinajstić information content (AvgIpc) is 2.77. The van der Waals surface area contributed by atoms with Gasteiger partial charge in [0.25, 0.3) is 5.91 Å². The van der Waals surface area contributed by atoms with Crippen LogP contribution in [0.2, 0.25) is 0 Å². The van der Waals surface area contributed by atoms with E-state index in [-0.39, 0.29) is 17.7 Å². The predicted octanol–water partition coefficient (Wildman–Crippen LogP) is 3.65. The molecule has 0 aromatic heterocycles. The Bertz CT molecular complexity index is 833. The van der Waals surface area contributed by atoms with Crippen molar-refractivity contribution in [2.24, 2.45) is 5.92 Å². The number of rotatable bonds is 7. The van der Waals surface area contributed by atoms with Crippen molar-refractivity contribution in [3.8, 4) is 0 Å². The molecule has 0 saturated carbocycles. The van der Waals surface area contributed by atoms with Crippen LogP contribution >= 0.6 is 0 Å². The maximum Gasteiger partial charge on any atom is 0.253 e. The summed E-state index contributed by atoms with van der Waals surface area (Å²) in [6.07, 6.45) is 2.01. The van der Waals surface area contributed by atoms with E-state index in [9.17, 15) is 9.59 Å². The van der Waals surface area contributed by atoms with Crippen molar-refractivity contribution in [3.05, 3.63) is 71.3 Å². The summed E-state index contributed by atoms with van der Waals surface area (Å²) in [5.41, 5.74) is 3.02. The summed E-state index contributed by atoms with van der Waals surface area (Å²) >= 11 is 0. The van der Waals surface area contributed by atoms with E-state index < -0.39 is 0 Å². The van der Waals surface area contributed by atoms with Gasteiger partial charge in [0.2, 0.25) is 5.91 Å². The number of carbonyl (C=O) groups is 2. The Balaban J connectivity index is 1.60. The lowest BCUT2D eigenvalue weighted by molar-refractivity contribution is -0.137. The second kappa shape index (κ2) is 10.4. The van der Waals surface area contributed by atoms with Crippen molar-refractivity contribution in [2.75, 3.05) is 33.7 Å². The predicted molar refractivity (Wildman–Crippen MR) is 120 cm³/mol. The van der Waals surface area contributed by atoms with Gasteiger partial charge in [-0.2, -0.15) is 0 Å². The van der Waals surface area contributed by atoms with E-state index in [1.807, 2.05) is 42.2 Å². The van der Waals surface area contributed by atoms with Crippen LogP contribution in [0, 0.1) is 5.92 Å². The van der Waals surface area contributed by atoms with E-state index in [4.69, 9.17) is 0 Å². The summed E-state index contributed by atoms with van der Waals surface area (Å²) in [5.74, 6) is 0.284. The molecule has 1 aliphatic rings. The van der Waals surface area contributed by atoms with Crippen molar-refractivity contribution >= 4 is 11.8 Å². The van der Waals surface area contributed by atoms with Crippen LogP contribution in [0.3, 0.4) is 0 Å². The molecule has 0 spiro atoms. The van der Waals surface area contributed by atoms with Crippen LogP contribution < -0.4 is 0 Å². The van der Waals surface area contributed by atoms with Gasteiger partial charge < -0.3 is 9.80 Å². The third kappa shape index (κ3) is 5.70. The first kappa shape index (κ1) is 22.0. The Hall–Kier alpha value is -2.66. The topological polar surface area (TPSA) is 43.9 Å². The molecule has 1 heterocycles. The molecule has 2 aromatic carbocycles. The molecule has 30 heavy (non-hydrogen) atoms. The molecule has 1 atom stereocenters. The van der Waals surface area contributed by atoms with Gasteiger partial charge >= 0.3 is 0 Å². The number of likely N-dealkylation sites (tertiary alicyclic amines) is 1. The second-order valence-corrected chi connectivity index (χ2v) is 8.31. The Kier molecular flexibility index (Phi) is 7.63. The lowest BCUT2D eigenvalue weighted by atomic mass is 9.95. The maximum atomic E-state index is 13.2. The van der Waals surface area contributed by atoms with Crippen molar-refractivity contribution in [1.82, 2.24) is 14.7 Å². The normalized spacial score (nSPS) is 16.8. The molecule has 0 radical (unpaired) electrons. The zero-order valence-corrected chi connectivity index (χ0v) is 18.4. The molecule has 5 nitrogen and oxygen atoms in total. The van der Waals surface area contributed by atoms with Gasteiger partial charge in [-0.3, -0.25) is 14.5 Å². The van der Waals surface area contributed by atoms with Gasteiger partial charge in [0.15, 0.2) is 0 Å². The van der Waals surface area contributed by atoms with Gasteiger partial charge in [0.1, 0.15) is 0 Å². The smallest absolute Gasteiger partial charge is 0.253 e. The van der Waals surface area contributed by atoms with Gasteiger partial charge in [0, 0.05) is 45.8 Å². The SMILES string of the molecule is CCN(Cc1ccc(C(=O)N(C)C)cc1)C(=O)C1CCCN(Cc2ccccc2)C1. The van der Waals surface area contributed by atoms with Crippen LogP contribution in [-0.2, 0) is 17.9 Å². The molecule has 1 unspecified atom stereocenters. The zero-order chi connectivity index (χ0) is 21.5. The first-order valence-corrected chi connectivity index (χ1v) is 10.8. The molecular weight excluding hydrogens is 374 g/mol. The van der Waals surface area contributed by atoms with Gasteiger partial charge in [0.05, 0.1) is 5.92 Å². The fourth-order valence-corrected chi connectivity index (χ4v) is 4.08. The Morgan fingerprint density at radius 1 is 1.00 bits per heavy atom. The largest absolute Gasteiger partial charge is 0.345 e. The molecule has 1 fully saturated rings. The van der Waals surface area contributed by atoms with E-state index in [2.05, 4.69) is 29.2 Å². The van der Waals surface area contributed by atoms with Gasteiger partial charge in [-0.05, 0) is 49.6 Å². The average molecular weight is 408 g/mol. The first-order valence-electron chi connectivity index (χ1n) is 10.8. The maximum absolute atomic E-state index is 13.2. The summed E-state index contributed by atoms with van der Waals surface area (Å²) in [6, 6.07) is 18.1. The van der Waals surface area contributed by atoms with Crippen molar-refractivity contribution < 1.29 is 9.59 Å². The van der Waals surface area contributed by atoms with Gasteiger partial charge in [-0.1, -0.05) is 42.5 Å². The molecule has 160 valence electrons. The highest BCUT2D eigenvalue weighted by atomic mass is 16.2. The monoisotopic (exact) mass is 407 g/mol. The summed E-state index contributed by atoms with van der Waals surface area (Å²) < 4.78 is 0. The fourth-order valence-electron chi connectivity index (χ4n) is 4.08. The summed E-state index contributed by atoms with van der Waals surface area (Å²) in [7, 11) is 3.50. The lowest BCUT2D eigenvalue weighted by Gasteiger charge is -2.35. The molecule has 2 amide bonds. The molecule has 5 heteroatoms. The van der Waals surface area contributed by atoms with Gasteiger partial charge in [-0.15, -0.1) is 0 Å². The molecule has 1 saturated heterocycles. The quantitative estimate of drug-likeness (QED) is 0.704. The van der Waals surface area contributed by atoms with Crippen LogP contribution in [0.25, 0.3) is 0 Å². The second-order valence-electron chi connectivity index (χ2n) is 8.31. The highest BCUT2D eigenvalue weighted by Crippen LogP contribution is 2.22. The Labute approximate surface area is 180 Å². The van der Waals surface area contributed by atoms with E-state index in [0.29, 0.717) is 18.7 Å². The molecular formula is C25H33N3O2. The number of benzene rings is 2. The number of amides is 2. The van der Waals surface area contributed by atoms with Crippen molar-refractivity contribution in [3.63, 3.8) is 0 Å². The van der Waals surface area contributed by atoms with Crippen LogP contribution in [0.1, 0.15) is 41.3 Å². The van der Waals surface area contributed by atoms with Crippen LogP contribution in [0.4, 0.5) is 0 Å². The third-order valence-electron chi connectivity index (χ3n) is 5.78. The highest BCUT2D eigenvalue weighted by molar-refractivity contribution is 5.93. The van der Waals surface area contributed by atoms with E-state index in [1.54, 1.807) is 19.0 Å². The number of piperidine rings is 1. The molecule has 2 aromatic rings. The number of hydrogen-bond donors (Lipinski definition) is 0. The number of hydrogen-bond acceptors (Lipinski definition) is 3. The van der Waals surface area contributed by atoms with Crippen molar-refractivity contribution in [2.45, 2.75) is 32.9 Å². The third-order valence-corrected chi connectivity index (χ3v) is 5.78. The van der Waals surface area contributed by atoms with E-state index in [0.717, 1.165) is 38.0 Å². The minimum atomic E-state index is -0.00862. The highest BCUT2D eigenvalue weighted by Gasteiger charge is 2.28. The zero-order valence-electron chi connectivity index (χ0n) is 18.4. The Morgan fingerprint density at radius 2 is 1.70 bits per heavy atom. The minimum absolute atomic E-state index is 0.00862. The molecule has 3 rings (SSSR count). The molecule has 0 N–H and O–H groups in total. The van der Waals surface area contributed by atoms with Crippen LogP contribution in [0.5, 0.6) is 0 Å². The summed E-state index contributed by atoms with van der Waals surface area (Å²) in [4.78, 5) is 31.2. The summed E-state index contributed by atoms with van der Waals surface area (Å²) in [5, 5.41) is 0.